The molecule has 1 aliphatic rings. The molecular weight excluding hydrogens is 258 g/mol. The third kappa shape index (κ3) is 2.43. The van der Waals surface area contributed by atoms with Crippen molar-refractivity contribution in [2.24, 2.45) is 0 Å². The first-order valence-corrected chi connectivity index (χ1v) is 7.85. The molecule has 0 bridgehead atoms. The predicted molar refractivity (Wildman–Crippen MR) is 71.4 cm³/mol. The average Bonchev–Trinajstić information content (AvgIpc) is 2.28. The number of anilines is 1. The van der Waals surface area contributed by atoms with E-state index in [4.69, 9.17) is 11.6 Å². The zero-order valence-corrected chi connectivity index (χ0v) is 11.4. The molecule has 5 heteroatoms. The number of hydrogen-bond acceptors (Lipinski definition) is 2. The van der Waals surface area contributed by atoms with Gasteiger partial charge in [0.2, 0.25) is 10.0 Å². The molecule has 2 rings (SSSR count). The van der Waals surface area contributed by atoms with Crippen molar-refractivity contribution in [3.8, 4) is 0 Å². The molecule has 0 amide bonds. The summed E-state index contributed by atoms with van der Waals surface area (Å²) in [7, 11) is -3.27. The highest BCUT2D eigenvalue weighted by Crippen LogP contribution is 2.32. The lowest BCUT2D eigenvalue weighted by Crippen LogP contribution is -2.38. The molecule has 0 saturated carbocycles. The Bertz CT molecular complexity index is 513. The third-order valence-electron chi connectivity index (χ3n) is 3.05. The minimum atomic E-state index is -3.27. The van der Waals surface area contributed by atoms with Gasteiger partial charge in [0.15, 0.2) is 0 Å². The van der Waals surface area contributed by atoms with Crippen LogP contribution in [0.5, 0.6) is 0 Å². The SMILES string of the molecule is Cc1cccc2c1N(S(=O)(=O)CCCl)CCC2. The zero-order chi connectivity index (χ0) is 12.5. The Kier molecular flexibility index (Phi) is 3.64. The molecule has 0 saturated heterocycles. The number of aryl methyl sites for hydroxylation is 2. The fraction of sp³-hybridized carbons (Fsp3) is 0.500. The van der Waals surface area contributed by atoms with Gasteiger partial charge in [-0.05, 0) is 30.9 Å². The quantitative estimate of drug-likeness (QED) is 0.793. The van der Waals surface area contributed by atoms with Crippen LogP contribution in [0.1, 0.15) is 17.5 Å². The molecule has 1 aliphatic heterocycles. The van der Waals surface area contributed by atoms with Crippen LogP contribution in [-0.2, 0) is 16.4 Å². The van der Waals surface area contributed by atoms with Crippen molar-refractivity contribution in [2.75, 3.05) is 22.5 Å². The minimum Gasteiger partial charge on any atom is -0.270 e. The van der Waals surface area contributed by atoms with E-state index in [1.54, 1.807) is 0 Å². The van der Waals surface area contributed by atoms with Gasteiger partial charge in [-0.3, -0.25) is 4.31 Å². The van der Waals surface area contributed by atoms with Gasteiger partial charge in [-0.15, -0.1) is 11.6 Å². The lowest BCUT2D eigenvalue weighted by Gasteiger charge is -2.31. The second-order valence-electron chi connectivity index (χ2n) is 4.26. The summed E-state index contributed by atoms with van der Waals surface area (Å²) in [6.07, 6.45) is 1.82. The maximum atomic E-state index is 12.1. The number of halogens is 1. The molecule has 1 heterocycles. The Labute approximate surface area is 107 Å². The van der Waals surface area contributed by atoms with Crippen molar-refractivity contribution in [1.29, 1.82) is 0 Å². The highest BCUT2D eigenvalue weighted by molar-refractivity contribution is 7.92. The third-order valence-corrected chi connectivity index (χ3v) is 5.22. The summed E-state index contributed by atoms with van der Waals surface area (Å²) in [5.41, 5.74) is 3.00. The fourth-order valence-electron chi connectivity index (χ4n) is 2.29. The van der Waals surface area contributed by atoms with Crippen molar-refractivity contribution in [1.82, 2.24) is 0 Å². The molecule has 0 N–H and O–H groups in total. The largest absolute Gasteiger partial charge is 0.270 e. The van der Waals surface area contributed by atoms with Gasteiger partial charge in [0.05, 0.1) is 11.4 Å². The molecule has 0 spiro atoms. The van der Waals surface area contributed by atoms with Crippen LogP contribution in [0.4, 0.5) is 5.69 Å². The van der Waals surface area contributed by atoms with E-state index < -0.39 is 10.0 Å². The highest BCUT2D eigenvalue weighted by atomic mass is 35.5. The van der Waals surface area contributed by atoms with Crippen LogP contribution in [-0.4, -0.2) is 26.6 Å². The van der Waals surface area contributed by atoms with E-state index in [2.05, 4.69) is 0 Å². The first kappa shape index (κ1) is 12.7. The number of rotatable bonds is 3. The summed E-state index contributed by atoms with van der Waals surface area (Å²) in [5.74, 6) is 0.141. The summed E-state index contributed by atoms with van der Waals surface area (Å²) < 4.78 is 25.8. The summed E-state index contributed by atoms with van der Waals surface area (Å²) in [6.45, 7) is 2.52. The van der Waals surface area contributed by atoms with Gasteiger partial charge in [0, 0.05) is 12.4 Å². The van der Waals surface area contributed by atoms with E-state index in [0.717, 1.165) is 29.7 Å². The molecular formula is C12H16ClNO2S. The predicted octanol–water partition coefficient (Wildman–Crippen LogP) is 2.32. The van der Waals surface area contributed by atoms with E-state index in [-0.39, 0.29) is 11.6 Å². The molecule has 94 valence electrons. The minimum absolute atomic E-state index is 0.00231. The van der Waals surface area contributed by atoms with Crippen LogP contribution in [0, 0.1) is 6.92 Å². The summed E-state index contributed by atoms with van der Waals surface area (Å²) in [4.78, 5) is 0. The fourth-order valence-corrected chi connectivity index (χ4v) is 4.24. The van der Waals surface area contributed by atoms with Crippen LogP contribution >= 0.6 is 11.6 Å². The van der Waals surface area contributed by atoms with Gasteiger partial charge in [0.1, 0.15) is 0 Å². The number of alkyl halides is 1. The van der Waals surface area contributed by atoms with Gasteiger partial charge < -0.3 is 0 Å². The van der Waals surface area contributed by atoms with Gasteiger partial charge in [-0.2, -0.15) is 0 Å². The molecule has 1 aromatic rings. The Hall–Kier alpha value is -0.740. The molecule has 0 aromatic heterocycles. The van der Waals surface area contributed by atoms with Crippen molar-refractivity contribution < 1.29 is 8.42 Å². The average molecular weight is 274 g/mol. The zero-order valence-electron chi connectivity index (χ0n) is 9.82. The first-order chi connectivity index (χ1) is 8.06. The Morgan fingerprint density at radius 1 is 1.41 bits per heavy atom. The first-order valence-electron chi connectivity index (χ1n) is 5.71. The standard InChI is InChI=1S/C12H16ClNO2S/c1-10-4-2-5-11-6-3-8-14(12(10)11)17(15,16)9-7-13/h2,4-5H,3,6-9H2,1H3. The molecule has 3 nitrogen and oxygen atoms in total. The number of sulfonamides is 1. The Morgan fingerprint density at radius 3 is 2.88 bits per heavy atom. The number of hydrogen-bond donors (Lipinski definition) is 0. The van der Waals surface area contributed by atoms with E-state index >= 15 is 0 Å². The second-order valence-corrected chi connectivity index (χ2v) is 6.65. The van der Waals surface area contributed by atoms with Gasteiger partial charge in [-0.1, -0.05) is 18.2 Å². The summed E-state index contributed by atoms with van der Waals surface area (Å²) in [5, 5.41) is 0. The summed E-state index contributed by atoms with van der Waals surface area (Å²) in [6, 6.07) is 5.93. The monoisotopic (exact) mass is 273 g/mol. The number of fused-ring (bicyclic) bond motifs is 1. The van der Waals surface area contributed by atoms with Crippen LogP contribution in [0.15, 0.2) is 18.2 Å². The molecule has 0 atom stereocenters. The Balaban J connectivity index is 2.48. The molecule has 0 unspecified atom stereocenters. The maximum absolute atomic E-state index is 12.1. The van der Waals surface area contributed by atoms with Crippen LogP contribution in [0.3, 0.4) is 0 Å². The molecule has 0 radical (unpaired) electrons. The molecule has 17 heavy (non-hydrogen) atoms. The van der Waals surface area contributed by atoms with Crippen LogP contribution in [0.2, 0.25) is 0 Å². The maximum Gasteiger partial charge on any atom is 0.236 e. The lowest BCUT2D eigenvalue weighted by molar-refractivity contribution is 0.588. The number of para-hydroxylation sites is 1. The second kappa shape index (κ2) is 4.86. The van der Waals surface area contributed by atoms with Crippen LogP contribution in [0.25, 0.3) is 0 Å². The number of benzene rings is 1. The van der Waals surface area contributed by atoms with Crippen molar-refractivity contribution in [3.63, 3.8) is 0 Å². The highest BCUT2D eigenvalue weighted by Gasteiger charge is 2.27. The van der Waals surface area contributed by atoms with Gasteiger partial charge >= 0.3 is 0 Å². The van der Waals surface area contributed by atoms with E-state index in [1.807, 2.05) is 25.1 Å². The van der Waals surface area contributed by atoms with Crippen LogP contribution < -0.4 is 4.31 Å². The summed E-state index contributed by atoms with van der Waals surface area (Å²) >= 11 is 5.57. The van der Waals surface area contributed by atoms with E-state index in [1.165, 1.54) is 4.31 Å². The Morgan fingerprint density at radius 2 is 2.18 bits per heavy atom. The topological polar surface area (TPSA) is 37.4 Å². The van der Waals surface area contributed by atoms with Crippen molar-refractivity contribution in [3.05, 3.63) is 29.3 Å². The molecule has 0 fully saturated rings. The van der Waals surface area contributed by atoms with E-state index in [0.29, 0.717) is 6.54 Å². The van der Waals surface area contributed by atoms with E-state index in [9.17, 15) is 8.42 Å². The smallest absolute Gasteiger partial charge is 0.236 e. The van der Waals surface area contributed by atoms with Crippen molar-refractivity contribution in [2.45, 2.75) is 19.8 Å². The lowest BCUT2D eigenvalue weighted by atomic mass is 10.0. The van der Waals surface area contributed by atoms with Crippen molar-refractivity contribution >= 4 is 27.3 Å². The van der Waals surface area contributed by atoms with Gasteiger partial charge in [0.25, 0.3) is 0 Å². The molecule has 0 aliphatic carbocycles. The normalized spacial score (nSPS) is 15.8. The van der Waals surface area contributed by atoms with Gasteiger partial charge in [-0.25, -0.2) is 8.42 Å². The number of nitrogens with zero attached hydrogens (tertiary/aromatic N) is 1. The molecule has 1 aromatic carbocycles.